The molecule has 0 spiro atoms. The third-order valence-electron chi connectivity index (χ3n) is 3.77. The third-order valence-corrected chi connectivity index (χ3v) is 3.77. The van der Waals surface area contributed by atoms with Crippen LogP contribution >= 0.6 is 0 Å². The van der Waals surface area contributed by atoms with Gasteiger partial charge in [-0.15, -0.1) is 0 Å². The number of halogens is 2. The highest BCUT2D eigenvalue weighted by atomic mass is 19.2. The molecule has 1 aromatic carbocycles. The van der Waals surface area contributed by atoms with Crippen LogP contribution in [0, 0.1) is 17.6 Å². The van der Waals surface area contributed by atoms with Crippen molar-refractivity contribution >= 4 is 0 Å². The fraction of sp³-hybridized carbons (Fsp3) is 0.375. The summed E-state index contributed by atoms with van der Waals surface area (Å²) in [5.41, 5.74) is 0.714. The van der Waals surface area contributed by atoms with E-state index in [1.54, 1.807) is 6.07 Å². The molecule has 0 radical (unpaired) electrons. The van der Waals surface area contributed by atoms with Crippen molar-refractivity contribution in [3.8, 4) is 0 Å². The van der Waals surface area contributed by atoms with E-state index >= 15 is 0 Å². The second-order valence-corrected chi connectivity index (χ2v) is 5.48. The van der Waals surface area contributed by atoms with E-state index in [-0.39, 0.29) is 0 Å². The summed E-state index contributed by atoms with van der Waals surface area (Å²) >= 11 is 0. The molecule has 0 amide bonds. The van der Waals surface area contributed by atoms with Crippen LogP contribution in [0.3, 0.4) is 0 Å². The largest absolute Gasteiger partial charge is 0.464 e. The summed E-state index contributed by atoms with van der Waals surface area (Å²) in [6, 6.07) is 7.93. The Labute approximate surface area is 116 Å². The Morgan fingerprint density at radius 1 is 1.15 bits per heavy atom. The molecule has 4 heteroatoms. The maximum Gasteiger partial charge on any atom is 0.159 e. The Balaban J connectivity index is 1.52. The van der Waals surface area contributed by atoms with Crippen LogP contribution in [-0.4, -0.2) is 0 Å². The molecule has 2 atom stereocenters. The first-order valence-electron chi connectivity index (χ1n) is 6.86. The van der Waals surface area contributed by atoms with Crippen LogP contribution < -0.4 is 5.32 Å². The van der Waals surface area contributed by atoms with Crippen molar-refractivity contribution in [2.24, 2.45) is 5.92 Å². The highest BCUT2D eigenvalue weighted by molar-refractivity contribution is 5.19. The molecule has 1 aliphatic rings. The molecule has 0 aliphatic heterocycles. The molecule has 0 bridgehead atoms. The number of rotatable bonds is 5. The first-order valence-corrected chi connectivity index (χ1v) is 6.86. The van der Waals surface area contributed by atoms with Crippen molar-refractivity contribution in [2.45, 2.75) is 32.4 Å². The summed E-state index contributed by atoms with van der Waals surface area (Å²) in [5.74, 6) is 1.61. The summed E-state index contributed by atoms with van der Waals surface area (Å²) in [7, 11) is 0. The van der Waals surface area contributed by atoms with E-state index in [4.69, 9.17) is 4.42 Å². The Morgan fingerprint density at radius 2 is 1.95 bits per heavy atom. The molecular weight excluding hydrogens is 260 g/mol. The quantitative estimate of drug-likeness (QED) is 0.894. The smallest absolute Gasteiger partial charge is 0.159 e. The van der Waals surface area contributed by atoms with Gasteiger partial charge >= 0.3 is 0 Å². The van der Waals surface area contributed by atoms with Gasteiger partial charge in [-0.2, -0.15) is 0 Å². The van der Waals surface area contributed by atoms with Gasteiger partial charge in [0.1, 0.15) is 11.5 Å². The van der Waals surface area contributed by atoms with Gasteiger partial charge in [0, 0.05) is 12.5 Å². The molecule has 20 heavy (non-hydrogen) atoms. The van der Waals surface area contributed by atoms with Crippen molar-refractivity contribution in [2.75, 3.05) is 0 Å². The average Bonchev–Trinajstić information content (AvgIpc) is 2.97. The highest BCUT2D eigenvalue weighted by Crippen LogP contribution is 2.47. The van der Waals surface area contributed by atoms with Crippen LogP contribution in [0.5, 0.6) is 0 Å². The molecule has 0 saturated heterocycles. The monoisotopic (exact) mass is 277 g/mol. The predicted octanol–water partition coefficient (Wildman–Crippen LogP) is 3.97. The minimum absolute atomic E-state index is 0.479. The molecule has 1 aromatic heterocycles. The summed E-state index contributed by atoms with van der Waals surface area (Å²) in [5, 5.41) is 3.17. The minimum Gasteiger partial charge on any atom is -0.464 e. The van der Waals surface area contributed by atoms with Gasteiger partial charge in [0.15, 0.2) is 11.6 Å². The van der Waals surface area contributed by atoms with Crippen LogP contribution in [0.4, 0.5) is 8.78 Å². The summed E-state index contributed by atoms with van der Waals surface area (Å²) in [4.78, 5) is 0. The first-order chi connectivity index (χ1) is 9.63. The highest BCUT2D eigenvalue weighted by Gasteiger charge is 2.36. The zero-order chi connectivity index (χ0) is 14.1. The molecule has 2 aromatic rings. The Morgan fingerprint density at radius 3 is 2.65 bits per heavy atom. The zero-order valence-electron chi connectivity index (χ0n) is 11.3. The lowest BCUT2D eigenvalue weighted by Crippen LogP contribution is -2.12. The topological polar surface area (TPSA) is 25.2 Å². The van der Waals surface area contributed by atoms with E-state index in [1.165, 1.54) is 12.5 Å². The van der Waals surface area contributed by atoms with Gasteiger partial charge in [0.2, 0.25) is 0 Å². The van der Waals surface area contributed by atoms with Gasteiger partial charge in [0.05, 0.1) is 6.54 Å². The number of hydrogen-bond acceptors (Lipinski definition) is 2. The summed E-state index contributed by atoms with van der Waals surface area (Å²) in [6.45, 7) is 3.28. The number of hydrogen-bond donors (Lipinski definition) is 1. The van der Waals surface area contributed by atoms with E-state index in [0.29, 0.717) is 24.6 Å². The Bertz CT molecular complexity index is 608. The summed E-state index contributed by atoms with van der Waals surface area (Å²) < 4.78 is 31.6. The van der Waals surface area contributed by atoms with Gasteiger partial charge in [-0.05, 0) is 42.2 Å². The number of benzene rings is 1. The molecule has 3 rings (SSSR count). The van der Waals surface area contributed by atoms with Gasteiger partial charge in [-0.25, -0.2) is 8.78 Å². The van der Waals surface area contributed by atoms with Gasteiger partial charge in [-0.3, -0.25) is 0 Å². The van der Waals surface area contributed by atoms with Crippen molar-refractivity contribution < 1.29 is 13.2 Å². The second-order valence-electron chi connectivity index (χ2n) is 5.48. The minimum atomic E-state index is -0.817. The third kappa shape index (κ3) is 2.90. The number of nitrogens with one attached hydrogen (secondary N) is 1. The Kier molecular flexibility index (Phi) is 3.57. The molecule has 2 nitrogen and oxygen atoms in total. The van der Waals surface area contributed by atoms with Crippen molar-refractivity contribution in [1.29, 1.82) is 0 Å². The second kappa shape index (κ2) is 5.37. The van der Waals surface area contributed by atoms with Gasteiger partial charge in [0.25, 0.3) is 0 Å². The molecule has 1 fully saturated rings. The van der Waals surface area contributed by atoms with Crippen LogP contribution in [-0.2, 0) is 13.1 Å². The van der Waals surface area contributed by atoms with Crippen LogP contribution in [0.2, 0.25) is 0 Å². The lowest BCUT2D eigenvalue weighted by atomic mass is 10.2. The maximum atomic E-state index is 13.0. The molecule has 1 aliphatic carbocycles. The van der Waals surface area contributed by atoms with Gasteiger partial charge in [-0.1, -0.05) is 13.0 Å². The molecule has 106 valence electrons. The van der Waals surface area contributed by atoms with E-state index < -0.39 is 11.6 Å². The zero-order valence-corrected chi connectivity index (χ0v) is 11.3. The normalized spacial score (nSPS) is 21.1. The Hall–Kier alpha value is -1.68. The fourth-order valence-electron chi connectivity index (χ4n) is 2.39. The standard InChI is InChI=1S/C16H17F2NO/c1-10-6-13(10)16-5-3-12(20-16)9-19-8-11-2-4-14(17)15(18)7-11/h2-5,7,10,13,19H,6,8-9H2,1H3. The van der Waals surface area contributed by atoms with E-state index in [2.05, 4.69) is 12.2 Å². The van der Waals surface area contributed by atoms with Crippen molar-refractivity contribution in [1.82, 2.24) is 5.32 Å². The van der Waals surface area contributed by atoms with Crippen molar-refractivity contribution in [3.63, 3.8) is 0 Å². The van der Waals surface area contributed by atoms with Crippen molar-refractivity contribution in [3.05, 3.63) is 59.1 Å². The summed E-state index contributed by atoms with van der Waals surface area (Å²) in [6.07, 6.45) is 1.20. The van der Waals surface area contributed by atoms with E-state index in [9.17, 15) is 8.78 Å². The van der Waals surface area contributed by atoms with Gasteiger partial charge < -0.3 is 9.73 Å². The van der Waals surface area contributed by atoms with Crippen LogP contribution in [0.15, 0.2) is 34.7 Å². The molecular formula is C16H17F2NO. The molecule has 2 unspecified atom stereocenters. The maximum absolute atomic E-state index is 13.0. The molecule has 1 heterocycles. The lowest BCUT2D eigenvalue weighted by molar-refractivity contribution is 0.443. The SMILES string of the molecule is CC1CC1c1ccc(CNCc2ccc(F)c(F)c2)o1. The van der Waals surface area contributed by atoms with E-state index in [0.717, 1.165) is 23.5 Å². The molecule has 1 saturated carbocycles. The predicted molar refractivity (Wildman–Crippen MR) is 72.1 cm³/mol. The molecule has 1 N–H and O–H groups in total. The first kappa shape index (κ1) is 13.3. The average molecular weight is 277 g/mol. The number of furan rings is 1. The fourth-order valence-corrected chi connectivity index (χ4v) is 2.39. The van der Waals surface area contributed by atoms with Crippen LogP contribution in [0.1, 0.15) is 36.3 Å². The van der Waals surface area contributed by atoms with E-state index in [1.807, 2.05) is 12.1 Å². The van der Waals surface area contributed by atoms with Crippen LogP contribution in [0.25, 0.3) is 0 Å². The lowest BCUT2D eigenvalue weighted by Gasteiger charge is -2.04.